The number of halogens is 1. The van der Waals surface area contributed by atoms with Crippen molar-refractivity contribution < 1.29 is 23.9 Å². The number of methoxy groups -OCH3 is 1. The second kappa shape index (κ2) is 14.2. The van der Waals surface area contributed by atoms with Crippen LogP contribution in [0.15, 0.2) is 117 Å². The summed E-state index contributed by atoms with van der Waals surface area (Å²) in [5.41, 5.74) is 3.31. The fourth-order valence-electron chi connectivity index (χ4n) is 5.38. The number of nitrogens with zero attached hydrogens (tertiary/aromatic N) is 3. The molecule has 1 atom stereocenters. The van der Waals surface area contributed by atoms with Gasteiger partial charge in [-0.15, -0.1) is 0 Å². The molecular weight excluding hydrogens is 698 g/mol. The van der Waals surface area contributed by atoms with Crippen LogP contribution in [0.4, 0.5) is 5.69 Å². The van der Waals surface area contributed by atoms with E-state index in [2.05, 4.69) is 15.9 Å². The Kier molecular flexibility index (Phi) is 9.65. The Hall–Kier alpha value is -5.33. The number of rotatable bonds is 10. The molecule has 0 amide bonds. The van der Waals surface area contributed by atoms with Crippen LogP contribution in [0.25, 0.3) is 11.8 Å². The van der Waals surface area contributed by atoms with Gasteiger partial charge in [-0.2, -0.15) is 0 Å². The average Bonchev–Trinajstić information content (AvgIpc) is 3.41. The van der Waals surface area contributed by atoms with Crippen LogP contribution < -0.4 is 24.4 Å². The van der Waals surface area contributed by atoms with Gasteiger partial charge in [0.05, 0.1) is 45.0 Å². The third-order valence-electron chi connectivity index (χ3n) is 7.57. The van der Waals surface area contributed by atoms with E-state index in [0.717, 1.165) is 16.7 Å². The predicted molar refractivity (Wildman–Crippen MR) is 186 cm³/mol. The maximum absolute atomic E-state index is 14.2. The van der Waals surface area contributed by atoms with E-state index < -0.39 is 16.9 Å². The van der Waals surface area contributed by atoms with Crippen molar-refractivity contribution in [2.45, 2.75) is 19.6 Å². The van der Waals surface area contributed by atoms with Crippen molar-refractivity contribution in [2.75, 3.05) is 13.7 Å². The molecule has 0 saturated heterocycles. The van der Waals surface area contributed by atoms with Crippen molar-refractivity contribution in [1.29, 1.82) is 0 Å². The topological polar surface area (TPSA) is 122 Å². The largest absolute Gasteiger partial charge is 0.493 e. The Morgan fingerprint density at radius 1 is 1.04 bits per heavy atom. The number of nitro groups is 1. The highest BCUT2D eigenvalue weighted by Crippen LogP contribution is 2.38. The molecule has 2 heterocycles. The molecule has 6 rings (SSSR count). The Balaban J connectivity index is 1.44. The number of esters is 1. The summed E-state index contributed by atoms with van der Waals surface area (Å²) in [5, 5.41) is 11.0. The number of fused-ring (bicyclic) bond motifs is 1. The lowest BCUT2D eigenvalue weighted by Gasteiger charge is -2.25. The van der Waals surface area contributed by atoms with Gasteiger partial charge in [0.2, 0.25) is 0 Å². The minimum Gasteiger partial charge on any atom is -0.493 e. The number of aromatic nitrogens is 1. The first-order chi connectivity index (χ1) is 23.3. The predicted octanol–water partition coefficient (Wildman–Crippen LogP) is 6.19. The zero-order valence-corrected chi connectivity index (χ0v) is 28.2. The minimum absolute atomic E-state index is 0.00404. The van der Waals surface area contributed by atoms with E-state index in [4.69, 9.17) is 19.2 Å². The summed E-state index contributed by atoms with van der Waals surface area (Å²) in [4.78, 5) is 43.6. The van der Waals surface area contributed by atoms with E-state index in [1.807, 2.05) is 60.7 Å². The van der Waals surface area contributed by atoms with Crippen LogP contribution in [-0.4, -0.2) is 29.2 Å². The fourth-order valence-corrected chi connectivity index (χ4v) is 6.95. The quantitative estimate of drug-likeness (QED) is 0.0956. The normalized spacial score (nSPS) is 14.2. The van der Waals surface area contributed by atoms with Crippen LogP contribution in [0, 0.1) is 10.1 Å². The van der Waals surface area contributed by atoms with E-state index in [1.54, 1.807) is 41.8 Å². The number of ether oxygens (including phenoxy) is 3. The molecule has 1 aromatic heterocycles. The summed E-state index contributed by atoms with van der Waals surface area (Å²) < 4.78 is 19.7. The second-order valence-electron chi connectivity index (χ2n) is 10.6. The zero-order chi connectivity index (χ0) is 33.8. The summed E-state index contributed by atoms with van der Waals surface area (Å²) in [6, 6.07) is 27.7. The molecule has 0 spiro atoms. The summed E-state index contributed by atoms with van der Waals surface area (Å²) in [6.07, 6.45) is 1.75. The van der Waals surface area contributed by atoms with E-state index >= 15 is 0 Å². The van der Waals surface area contributed by atoms with Gasteiger partial charge in [-0.25, -0.2) is 9.79 Å². The Bertz CT molecular complexity index is 2210. The van der Waals surface area contributed by atoms with Gasteiger partial charge < -0.3 is 14.2 Å². The lowest BCUT2D eigenvalue weighted by Crippen LogP contribution is -2.39. The Morgan fingerprint density at radius 3 is 2.38 bits per heavy atom. The molecule has 0 fully saturated rings. The van der Waals surface area contributed by atoms with E-state index in [-0.39, 0.29) is 30.0 Å². The number of hydrogen-bond donors (Lipinski definition) is 0. The average molecular weight is 727 g/mol. The number of benzene rings is 4. The maximum Gasteiger partial charge on any atom is 0.338 e. The van der Waals surface area contributed by atoms with Crippen LogP contribution in [0.2, 0.25) is 0 Å². The first-order valence-electron chi connectivity index (χ1n) is 14.9. The molecule has 12 heteroatoms. The molecule has 4 aromatic carbocycles. The fraction of sp³-hybridized carbons (Fsp3) is 0.139. The molecule has 1 aliphatic heterocycles. The number of non-ortho nitro benzene ring substituents is 1. The van der Waals surface area contributed by atoms with Crippen LogP contribution in [-0.2, 0) is 16.1 Å². The molecular formula is C36H28BrN3O7S. The summed E-state index contributed by atoms with van der Waals surface area (Å²) in [7, 11) is 1.51. The molecule has 10 nitrogen and oxygen atoms in total. The molecule has 48 heavy (non-hydrogen) atoms. The molecule has 242 valence electrons. The SMILES string of the molecule is CCOC(=O)C1=C(c2ccccc2)N=c2s/c(=C\c3cc(Br)c(OCc4ccc([N+](=O)[O-])cc4)c(OC)c3)c(=O)n2[C@H]1c1ccccc1. The van der Waals surface area contributed by atoms with E-state index in [9.17, 15) is 19.7 Å². The molecule has 0 bridgehead atoms. The van der Waals surface area contributed by atoms with Crippen LogP contribution in [0.3, 0.4) is 0 Å². The Labute approximate surface area is 287 Å². The highest BCUT2D eigenvalue weighted by Gasteiger charge is 2.35. The molecule has 0 unspecified atom stereocenters. The minimum atomic E-state index is -0.768. The van der Waals surface area contributed by atoms with Gasteiger partial charge in [0.25, 0.3) is 11.2 Å². The maximum atomic E-state index is 14.2. The number of nitro benzene ring substituents is 1. The highest BCUT2D eigenvalue weighted by molar-refractivity contribution is 9.10. The van der Waals surface area contributed by atoms with Crippen LogP contribution in [0.5, 0.6) is 11.5 Å². The van der Waals surface area contributed by atoms with Gasteiger partial charge in [0, 0.05) is 17.7 Å². The van der Waals surface area contributed by atoms with Gasteiger partial charge in [0.15, 0.2) is 16.3 Å². The lowest BCUT2D eigenvalue weighted by molar-refractivity contribution is -0.384. The first kappa shape index (κ1) is 32.6. The number of carbonyl (C=O) groups excluding carboxylic acids is 1. The molecule has 5 aromatic rings. The van der Waals surface area contributed by atoms with Crippen molar-refractivity contribution >= 4 is 50.7 Å². The third kappa shape index (κ3) is 6.57. The van der Waals surface area contributed by atoms with Crippen LogP contribution >= 0.6 is 27.3 Å². The van der Waals surface area contributed by atoms with E-state index in [0.29, 0.717) is 36.6 Å². The van der Waals surface area contributed by atoms with Gasteiger partial charge in [-0.1, -0.05) is 72.0 Å². The summed E-state index contributed by atoms with van der Waals surface area (Å²) in [6.45, 7) is 2.06. The van der Waals surface area contributed by atoms with Gasteiger partial charge in [-0.05, 0) is 69.9 Å². The molecule has 1 aliphatic rings. The smallest absolute Gasteiger partial charge is 0.338 e. The lowest BCUT2D eigenvalue weighted by atomic mass is 9.93. The molecule has 0 aliphatic carbocycles. The van der Waals surface area contributed by atoms with Gasteiger partial charge in [0.1, 0.15) is 6.61 Å². The van der Waals surface area contributed by atoms with Crippen molar-refractivity contribution in [2.24, 2.45) is 4.99 Å². The number of thiazole rings is 1. The van der Waals surface area contributed by atoms with Crippen molar-refractivity contribution in [3.8, 4) is 11.5 Å². The van der Waals surface area contributed by atoms with E-state index in [1.165, 1.54) is 30.6 Å². The van der Waals surface area contributed by atoms with Crippen molar-refractivity contribution in [1.82, 2.24) is 4.57 Å². The second-order valence-corrected chi connectivity index (χ2v) is 12.5. The Morgan fingerprint density at radius 2 is 1.73 bits per heavy atom. The summed E-state index contributed by atoms with van der Waals surface area (Å²) in [5.74, 6) is 0.315. The highest BCUT2D eigenvalue weighted by atomic mass is 79.9. The van der Waals surface area contributed by atoms with Crippen molar-refractivity contribution in [3.63, 3.8) is 0 Å². The third-order valence-corrected chi connectivity index (χ3v) is 9.14. The standard InChI is InChI=1S/C36H28BrN3O7S/c1-3-46-35(42)30-31(24-10-6-4-7-11-24)38-36-39(32(30)25-12-8-5-9-13-25)34(41)29(48-36)20-23-18-27(37)33(28(19-23)45-2)47-21-22-14-16-26(17-15-22)40(43)44/h4-20,32H,3,21H2,1-2H3/b29-20-/t32-/m0/s1. The zero-order valence-electron chi connectivity index (χ0n) is 25.8. The monoisotopic (exact) mass is 725 g/mol. The van der Waals surface area contributed by atoms with Crippen LogP contribution in [0.1, 0.15) is 35.2 Å². The van der Waals surface area contributed by atoms with Crippen molar-refractivity contribution in [3.05, 3.63) is 159 Å². The molecule has 0 saturated carbocycles. The number of carbonyl (C=O) groups is 1. The summed E-state index contributed by atoms with van der Waals surface area (Å²) >= 11 is 4.80. The molecule has 0 N–H and O–H groups in total. The molecule has 0 radical (unpaired) electrons. The number of hydrogen-bond acceptors (Lipinski definition) is 9. The first-order valence-corrected chi connectivity index (χ1v) is 16.5. The van der Waals surface area contributed by atoms with Gasteiger partial charge >= 0.3 is 5.97 Å². The van der Waals surface area contributed by atoms with Gasteiger partial charge in [-0.3, -0.25) is 19.5 Å².